The van der Waals surface area contributed by atoms with Gasteiger partial charge in [0.05, 0.1) is 17.7 Å². The number of aryl methyl sites for hydroxylation is 1. The molecule has 1 aromatic rings. The summed E-state index contributed by atoms with van der Waals surface area (Å²) in [5.74, 6) is -0.441. The fourth-order valence-corrected chi connectivity index (χ4v) is 1.38. The van der Waals surface area contributed by atoms with Crippen LogP contribution in [-0.2, 0) is 4.79 Å². The van der Waals surface area contributed by atoms with Gasteiger partial charge in [-0.2, -0.15) is 0 Å². The van der Waals surface area contributed by atoms with Crippen LogP contribution in [0.15, 0.2) is 15.7 Å². The SMILES string of the molecule is Cc1[nH]c(=O)[nH]c(=O)c1/C=C/C(=O)NC(C)(C)CO. The van der Waals surface area contributed by atoms with Crippen molar-refractivity contribution in [3.05, 3.63) is 38.2 Å². The summed E-state index contributed by atoms with van der Waals surface area (Å²) in [6.07, 6.45) is 2.49. The van der Waals surface area contributed by atoms with E-state index in [1.807, 2.05) is 0 Å². The highest BCUT2D eigenvalue weighted by Gasteiger charge is 2.17. The maximum atomic E-state index is 11.6. The summed E-state index contributed by atoms with van der Waals surface area (Å²) in [5, 5.41) is 11.6. The van der Waals surface area contributed by atoms with E-state index in [0.29, 0.717) is 5.69 Å². The highest BCUT2D eigenvalue weighted by molar-refractivity contribution is 5.92. The Hall–Kier alpha value is -2.15. The van der Waals surface area contributed by atoms with Gasteiger partial charge in [0.15, 0.2) is 0 Å². The smallest absolute Gasteiger partial charge is 0.325 e. The molecule has 7 nitrogen and oxygen atoms in total. The van der Waals surface area contributed by atoms with E-state index in [1.165, 1.54) is 12.2 Å². The van der Waals surface area contributed by atoms with Crippen molar-refractivity contribution < 1.29 is 9.90 Å². The topological polar surface area (TPSA) is 115 Å². The van der Waals surface area contributed by atoms with Crippen LogP contribution in [0.2, 0.25) is 0 Å². The summed E-state index contributed by atoms with van der Waals surface area (Å²) < 4.78 is 0. The first-order chi connectivity index (χ1) is 8.75. The summed E-state index contributed by atoms with van der Waals surface area (Å²) in [6.45, 7) is 4.68. The first-order valence-corrected chi connectivity index (χ1v) is 5.69. The van der Waals surface area contributed by atoms with E-state index < -0.39 is 22.7 Å². The van der Waals surface area contributed by atoms with Crippen molar-refractivity contribution in [3.63, 3.8) is 0 Å². The zero-order valence-electron chi connectivity index (χ0n) is 11.0. The van der Waals surface area contributed by atoms with Crippen LogP contribution < -0.4 is 16.6 Å². The summed E-state index contributed by atoms with van der Waals surface area (Å²) in [5.41, 5.74) is -1.32. The highest BCUT2D eigenvalue weighted by atomic mass is 16.3. The molecule has 0 radical (unpaired) electrons. The quantitative estimate of drug-likeness (QED) is 0.538. The van der Waals surface area contributed by atoms with Gasteiger partial charge >= 0.3 is 5.69 Å². The van der Waals surface area contributed by atoms with Gasteiger partial charge in [-0.1, -0.05) is 0 Å². The monoisotopic (exact) mass is 267 g/mol. The number of aromatic nitrogens is 2. The Balaban J connectivity index is 2.92. The normalized spacial score (nSPS) is 11.8. The van der Waals surface area contributed by atoms with E-state index in [1.54, 1.807) is 20.8 Å². The largest absolute Gasteiger partial charge is 0.394 e. The molecule has 104 valence electrons. The number of hydrogen-bond acceptors (Lipinski definition) is 4. The Labute approximate surface area is 109 Å². The Morgan fingerprint density at radius 3 is 2.53 bits per heavy atom. The average molecular weight is 267 g/mol. The molecule has 0 spiro atoms. The first-order valence-electron chi connectivity index (χ1n) is 5.69. The number of carbonyl (C=O) groups is 1. The van der Waals surface area contributed by atoms with Gasteiger partial charge in [0, 0.05) is 11.8 Å². The Morgan fingerprint density at radius 2 is 2.00 bits per heavy atom. The molecule has 1 amide bonds. The third kappa shape index (κ3) is 4.22. The van der Waals surface area contributed by atoms with Crippen LogP contribution in [0.5, 0.6) is 0 Å². The van der Waals surface area contributed by atoms with Crippen LogP contribution in [0.4, 0.5) is 0 Å². The molecular weight excluding hydrogens is 250 g/mol. The highest BCUT2D eigenvalue weighted by Crippen LogP contribution is 2.01. The summed E-state index contributed by atoms with van der Waals surface area (Å²) >= 11 is 0. The van der Waals surface area contributed by atoms with Gasteiger partial charge in [0.1, 0.15) is 0 Å². The summed E-state index contributed by atoms with van der Waals surface area (Å²) in [4.78, 5) is 38.6. The number of amides is 1. The van der Waals surface area contributed by atoms with E-state index in [0.717, 1.165) is 0 Å². The third-order valence-corrected chi connectivity index (χ3v) is 2.43. The zero-order valence-corrected chi connectivity index (χ0v) is 11.0. The molecule has 1 aromatic heterocycles. The van der Waals surface area contributed by atoms with Gasteiger partial charge < -0.3 is 15.4 Å². The molecule has 0 unspecified atom stereocenters. The second kappa shape index (κ2) is 5.66. The number of rotatable bonds is 4. The molecule has 7 heteroatoms. The van der Waals surface area contributed by atoms with E-state index in [4.69, 9.17) is 5.11 Å². The number of carbonyl (C=O) groups excluding carboxylic acids is 1. The van der Waals surface area contributed by atoms with Crippen molar-refractivity contribution >= 4 is 12.0 Å². The number of H-pyrrole nitrogens is 2. The van der Waals surface area contributed by atoms with Gasteiger partial charge in [-0.15, -0.1) is 0 Å². The summed E-state index contributed by atoms with van der Waals surface area (Å²) in [6, 6.07) is 0. The van der Waals surface area contributed by atoms with Gasteiger partial charge in [0.2, 0.25) is 5.91 Å². The lowest BCUT2D eigenvalue weighted by Gasteiger charge is -2.22. The molecule has 0 atom stereocenters. The van der Waals surface area contributed by atoms with Crippen LogP contribution in [-0.4, -0.2) is 33.1 Å². The number of aliphatic hydroxyl groups excluding tert-OH is 1. The second-order valence-corrected chi connectivity index (χ2v) is 4.81. The second-order valence-electron chi connectivity index (χ2n) is 4.81. The standard InChI is InChI=1S/C12H17N3O4/c1-7-8(10(18)14-11(19)13-7)4-5-9(17)15-12(2,3)6-16/h4-5,16H,6H2,1-3H3,(H,15,17)(H2,13,14,18,19)/b5-4+. The van der Waals surface area contributed by atoms with Crippen molar-refractivity contribution in [2.75, 3.05) is 6.61 Å². The minimum Gasteiger partial charge on any atom is -0.394 e. The Kier molecular flexibility index (Phi) is 4.44. The van der Waals surface area contributed by atoms with E-state index in [2.05, 4.69) is 15.3 Å². The van der Waals surface area contributed by atoms with Gasteiger partial charge in [-0.05, 0) is 26.8 Å². The van der Waals surface area contributed by atoms with Crippen LogP contribution in [0.1, 0.15) is 25.1 Å². The van der Waals surface area contributed by atoms with Crippen LogP contribution in [0, 0.1) is 6.92 Å². The lowest BCUT2D eigenvalue weighted by molar-refractivity contribution is -0.118. The van der Waals surface area contributed by atoms with Crippen molar-refractivity contribution in [2.45, 2.75) is 26.3 Å². The molecular formula is C12H17N3O4. The van der Waals surface area contributed by atoms with Crippen LogP contribution in [0.25, 0.3) is 6.08 Å². The molecule has 0 aliphatic carbocycles. The third-order valence-electron chi connectivity index (χ3n) is 2.43. The van der Waals surface area contributed by atoms with Crippen molar-refractivity contribution in [2.24, 2.45) is 0 Å². The molecule has 0 bridgehead atoms. The molecule has 1 rings (SSSR count). The van der Waals surface area contributed by atoms with Gasteiger partial charge in [-0.3, -0.25) is 14.6 Å². The number of aliphatic hydroxyl groups is 1. The molecule has 0 aromatic carbocycles. The summed E-state index contributed by atoms with van der Waals surface area (Å²) in [7, 11) is 0. The van der Waals surface area contributed by atoms with Crippen molar-refractivity contribution in [3.8, 4) is 0 Å². The predicted molar refractivity (Wildman–Crippen MR) is 70.8 cm³/mol. The van der Waals surface area contributed by atoms with Gasteiger partial charge in [-0.25, -0.2) is 4.79 Å². The lowest BCUT2D eigenvalue weighted by atomic mass is 10.1. The minimum absolute atomic E-state index is 0.204. The molecule has 0 fully saturated rings. The van der Waals surface area contributed by atoms with E-state index in [-0.39, 0.29) is 12.2 Å². The maximum absolute atomic E-state index is 11.6. The number of aromatic amines is 2. The first kappa shape index (κ1) is 14.9. The van der Waals surface area contributed by atoms with Crippen molar-refractivity contribution in [1.29, 1.82) is 0 Å². The number of nitrogens with one attached hydrogen (secondary N) is 3. The molecule has 0 aliphatic heterocycles. The molecule has 1 heterocycles. The molecule has 19 heavy (non-hydrogen) atoms. The number of hydrogen-bond donors (Lipinski definition) is 4. The molecule has 0 saturated heterocycles. The Morgan fingerprint density at radius 1 is 1.37 bits per heavy atom. The fourth-order valence-electron chi connectivity index (χ4n) is 1.38. The van der Waals surface area contributed by atoms with Crippen LogP contribution in [0.3, 0.4) is 0 Å². The minimum atomic E-state index is -0.742. The van der Waals surface area contributed by atoms with E-state index in [9.17, 15) is 14.4 Å². The zero-order chi connectivity index (χ0) is 14.6. The lowest BCUT2D eigenvalue weighted by Crippen LogP contribution is -2.45. The molecule has 0 saturated carbocycles. The Bertz CT molecular complexity index is 610. The predicted octanol–water partition coefficient (Wildman–Crippen LogP) is -0.728. The van der Waals surface area contributed by atoms with Gasteiger partial charge in [0.25, 0.3) is 5.56 Å². The maximum Gasteiger partial charge on any atom is 0.325 e. The molecule has 0 aliphatic rings. The van der Waals surface area contributed by atoms with Crippen LogP contribution >= 0.6 is 0 Å². The van der Waals surface area contributed by atoms with E-state index >= 15 is 0 Å². The average Bonchev–Trinajstić information content (AvgIpc) is 2.26. The van der Waals surface area contributed by atoms with Crippen molar-refractivity contribution in [1.82, 2.24) is 15.3 Å². The fraction of sp³-hybridized carbons (Fsp3) is 0.417. The molecule has 4 N–H and O–H groups in total.